The van der Waals surface area contributed by atoms with Gasteiger partial charge in [0.05, 0.1) is 0 Å². The van der Waals surface area contributed by atoms with Crippen molar-refractivity contribution in [2.24, 2.45) is 0 Å². The van der Waals surface area contributed by atoms with Crippen molar-refractivity contribution < 1.29 is 28.6 Å². The first-order valence-corrected chi connectivity index (χ1v) is 26.9. The van der Waals surface area contributed by atoms with E-state index in [2.05, 4.69) is 93.7 Å². The predicted octanol–water partition coefficient (Wildman–Crippen LogP) is 17.8. The molecule has 0 aliphatic rings. The van der Waals surface area contributed by atoms with E-state index >= 15 is 0 Å². The van der Waals surface area contributed by atoms with Crippen LogP contribution in [0.3, 0.4) is 0 Å². The summed E-state index contributed by atoms with van der Waals surface area (Å²) in [7, 11) is 0. The van der Waals surface area contributed by atoms with Crippen molar-refractivity contribution in [1.29, 1.82) is 0 Å². The number of allylic oxidation sites excluding steroid dienone is 12. The molecule has 0 saturated carbocycles. The fourth-order valence-corrected chi connectivity index (χ4v) is 7.41. The second-order valence-corrected chi connectivity index (χ2v) is 17.8. The highest BCUT2D eigenvalue weighted by molar-refractivity contribution is 5.71. The fraction of sp³-hybridized carbons (Fsp3) is 0.741. The van der Waals surface area contributed by atoms with E-state index in [1.165, 1.54) is 128 Å². The SMILES string of the molecule is CC/C=C\C/C=C\C/C=C\C/C=C\C/C=C\CCCC(=O)OCC(COC(=O)CCCCCCC/C=C\CCCCC)OC(=O)CCCCCCCCCCCCCCCCCCC. The average molecular weight is 893 g/mol. The van der Waals surface area contributed by atoms with E-state index in [4.69, 9.17) is 14.2 Å². The smallest absolute Gasteiger partial charge is 0.306 e. The molecule has 0 aliphatic carbocycles. The molecule has 0 aromatic carbocycles. The van der Waals surface area contributed by atoms with Gasteiger partial charge < -0.3 is 14.2 Å². The zero-order chi connectivity index (χ0) is 46.5. The Bertz CT molecular complexity index is 1210. The molecule has 1 atom stereocenters. The van der Waals surface area contributed by atoms with Crippen molar-refractivity contribution in [2.75, 3.05) is 13.2 Å². The third-order valence-electron chi connectivity index (χ3n) is 11.4. The van der Waals surface area contributed by atoms with Crippen LogP contribution in [-0.2, 0) is 28.6 Å². The Morgan fingerprint density at radius 3 is 1.06 bits per heavy atom. The van der Waals surface area contributed by atoms with E-state index in [1.807, 2.05) is 0 Å². The standard InChI is InChI=1S/C58H100O6/c1-4-7-10-13-16-19-22-25-27-29-31-33-36-39-42-45-48-51-57(60)63-54-55(53-62-56(59)50-47-44-41-38-35-24-21-18-15-12-9-6-3)64-58(61)52-49-46-43-40-37-34-32-30-28-26-23-20-17-14-11-8-5-2/h7,10,16,18-19,21,25,27,31,33,39,42,55H,4-6,8-9,11-15,17,20,22-24,26,28-30,32,34-38,40-41,43-54H2,1-3H3/b10-7-,19-16-,21-18-,27-25-,33-31-,42-39-. The van der Waals surface area contributed by atoms with Crippen LogP contribution in [0, 0.1) is 0 Å². The molecule has 0 aromatic rings. The molecule has 0 bridgehead atoms. The number of unbranched alkanes of at least 4 members (excludes halogenated alkanes) is 25. The monoisotopic (exact) mass is 893 g/mol. The van der Waals surface area contributed by atoms with Crippen LogP contribution in [0.25, 0.3) is 0 Å². The Labute approximate surface area is 395 Å². The number of hydrogen-bond donors (Lipinski definition) is 0. The molecule has 6 nitrogen and oxygen atoms in total. The Balaban J connectivity index is 4.45. The Morgan fingerprint density at radius 1 is 0.328 bits per heavy atom. The van der Waals surface area contributed by atoms with Crippen LogP contribution in [0.5, 0.6) is 0 Å². The third-order valence-corrected chi connectivity index (χ3v) is 11.4. The lowest BCUT2D eigenvalue weighted by Gasteiger charge is -2.18. The maximum Gasteiger partial charge on any atom is 0.306 e. The van der Waals surface area contributed by atoms with Gasteiger partial charge >= 0.3 is 17.9 Å². The molecule has 6 heteroatoms. The predicted molar refractivity (Wildman–Crippen MR) is 274 cm³/mol. The van der Waals surface area contributed by atoms with Gasteiger partial charge in [-0.1, -0.05) is 229 Å². The molecule has 0 rings (SSSR count). The van der Waals surface area contributed by atoms with E-state index in [0.717, 1.165) is 83.5 Å². The van der Waals surface area contributed by atoms with Crippen LogP contribution in [0.15, 0.2) is 72.9 Å². The van der Waals surface area contributed by atoms with E-state index < -0.39 is 6.10 Å². The molecule has 368 valence electrons. The lowest BCUT2D eigenvalue weighted by Crippen LogP contribution is -2.30. The van der Waals surface area contributed by atoms with Gasteiger partial charge in [0.2, 0.25) is 0 Å². The second-order valence-electron chi connectivity index (χ2n) is 17.8. The molecule has 0 heterocycles. The van der Waals surface area contributed by atoms with Gasteiger partial charge in [-0.05, 0) is 83.5 Å². The zero-order valence-electron chi connectivity index (χ0n) is 42.0. The van der Waals surface area contributed by atoms with Gasteiger partial charge in [-0.3, -0.25) is 14.4 Å². The maximum atomic E-state index is 12.8. The van der Waals surface area contributed by atoms with Crippen molar-refractivity contribution in [2.45, 2.75) is 264 Å². The quantitative estimate of drug-likeness (QED) is 0.0262. The van der Waals surface area contributed by atoms with Gasteiger partial charge in [-0.2, -0.15) is 0 Å². The Hall–Kier alpha value is -3.15. The lowest BCUT2D eigenvalue weighted by atomic mass is 10.0. The third kappa shape index (κ3) is 49.9. The van der Waals surface area contributed by atoms with Gasteiger partial charge in [0, 0.05) is 19.3 Å². The van der Waals surface area contributed by atoms with Gasteiger partial charge in [-0.25, -0.2) is 0 Å². The summed E-state index contributed by atoms with van der Waals surface area (Å²) in [5.74, 6) is -0.959. The normalized spacial score (nSPS) is 12.6. The highest BCUT2D eigenvalue weighted by atomic mass is 16.6. The van der Waals surface area contributed by atoms with Crippen LogP contribution in [-0.4, -0.2) is 37.2 Å². The minimum absolute atomic E-state index is 0.0957. The number of ether oxygens (including phenoxy) is 3. The maximum absolute atomic E-state index is 12.8. The largest absolute Gasteiger partial charge is 0.462 e. The molecule has 0 spiro atoms. The Morgan fingerprint density at radius 2 is 0.625 bits per heavy atom. The number of esters is 3. The molecule has 0 aliphatic heterocycles. The molecule has 0 N–H and O–H groups in total. The highest BCUT2D eigenvalue weighted by Crippen LogP contribution is 2.15. The molecule has 0 fully saturated rings. The first-order chi connectivity index (χ1) is 31.5. The molecular weight excluding hydrogens is 793 g/mol. The van der Waals surface area contributed by atoms with Gasteiger partial charge in [0.25, 0.3) is 0 Å². The summed E-state index contributed by atoms with van der Waals surface area (Å²) >= 11 is 0. The summed E-state index contributed by atoms with van der Waals surface area (Å²) in [6.07, 6.45) is 66.1. The summed E-state index contributed by atoms with van der Waals surface area (Å²) in [6.45, 7) is 6.46. The minimum Gasteiger partial charge on any atom is -0.462 e. The van der Waals surface area contributed by atoms with Crippen LogP contribution in [0.4, 0.5) is 0 Å². The van der Waals surface area contributed by atoms with Crippen molar-refractivity contribution in [3.05, 3.63) is 72.9 Å². The summed E-state index contributed by atoms with van der Waals surface area (Å²) in [5.41, 5.74) is 0. The first kappa shape index (κ1) is 60.9. The molecule has 0 aromatic heterocycles. The number of carbonyl (C=O) groups is 3. The second kappa shape index (κ2) is 52.5. The van der Waals surface area contributed by atoms with E-state index in [0.29, 0.717) is 19.3 Å². The van der Waals surface area contributed by atoms with E-state index in [1.54, 1.807) is 0 Å². The van der Waals surface area contributed by atoms with Crippen molar-refractivity contribution >= 4 is 17.9 Å². The topological polar surface area (TPSA) is 78.9 Å². The molecule has 0 radical (unpaired) electrons. The summed E-state index contributed by atoms with van der Waals surface area (Å²) in [4.78, 5) is 38.0. The van der Waals surface area contributed by atoms with Crippen LogP contribution in [0.1, 0.15) is 258 Å². The number of carbonyl (C=O) groups excluding carboxylic acids is 3. The fourth-order valence-electron chi connectivity index (χ4n) is 7.41. The van der Waals surface area contributed by atoms with Gasteiger partial charge in [-0.15, -0.1) is 0 Å². The van der Waals surface area contributed by atoms with Gasteiger partial charge in [0.15, 0.2) is 6.10 Å². The molecular formula is C58H100O6. The van der Waals surface area contributed by atoms with Crippen molar-refractivity contribution in [3.63, 3.8) is 0 Å². The summed E-state index contributed by atoms with van der Waals surface area (Å²) in [6, 6.07) is 0. The molecule has 0 amide bonds. The minimum atomic E-state index is -0.799. The average Bonchev–Trinajstić information content (AvgIpc) is 3.29. The molecule has 1 unspecified atom stereocenters. The van der Waals surface area contributed by atoms with Crippen molar-refractivity contribution in [1.82, 2.24) is 0 Å². The Kier molecular flexibility index (Phi) is 49.9. The highest BCUT2D eigenvalue weighted by Gasteiger charge is 2.19. The molecule has 64 heavy (non-hydrogen) atoms. The van der Waals surface area contributed by atoms with Crippen LogP contribution < -0.4 is 0 Å². The number of hydrogen-bond acceptors (Lipinski definition) is 6. The van der Waals surface area contributed by atoms with Gasteiger partial charge in [0.1, 0.15) is 13.2 Å². The van der Waals surface area contributed by atoms with E-state index in [-0.39, 0.29) is 37.5 Å². The van der Waals surface area contributed by atoms with Crippen LogP contribution >= 0.6 is 0 Å². The zero-order valence-corrected chi connectivity index (χ0v) is 42.0. The summed E-state index contributed by atoms with van der Waals surface area (Å²) < 4.78 is 16.8. The lowest BCUT2D eigenvalue weighted by molar-refractivity contribution is -0.167. The van der Waals surface area contributed by atoms with Crippen LogP contribution in [0.2, 0.25) is 0 Å². The van der Waals surface area contributed by atoms with E-state index in [9.17, 15) is 14.4 Å². The first-order valence-electron chi connectivity index (χ1n) is 26.9. The van der Waals surface area contributed by atoms with Crippen molar-refractivity contribution in [3.8, 4) is 0 Å². The molecule has 0 saturated heterocycles. The summed E-state index contributed by atoms with van der Waals surface area (Å²) in [5, 5.41) is 0. The number of rotatable bonds is 48.